The first-order valence-electron chi connectivity index (χ1n) is 9.86. The summed E-state index contributed by atoms with van der Waals surface area (Å²) in [5.41, 5.74) is 1.58. The number of rotatable bonds is 4. The molecule has 1 saturated heterocycles. The largest absolute Gasteiger partial charge is 0.312 e. The summed E-state index contributed by atoms with van der Waals surface area (Å²) >= 11 is 1.18. The number of benzene rings is 1. The molecular formula is C20H24N2O5S3. The Bertz CT molecular complexity index is 1160. The third-order valence-corrected chi connectivity index (χ3v) is 10.0. The molecule has 1 amide bonds. The van der Waals surface area contributed by atoms with Crippen LogP contribution in [0.3, 0.4) is 0 Å². The summed E-state index contributed by atoms with van der Waals surface area (Å²) in [7, 11) is -6.90. The summed E-state index contributed by atoms with van der Waals surface area (Å²) < 4.78 is 51.2. The van der Waals surface area contributed by atoms with Crippen LogP contribution < -0.4 is 4.90 Å². The van der Waals surface area contributed by atoms with Crippen LogP contribution in [0.2, 0.25) is 0 Å². The zero-order valence-corrected chi connectivity index (χ0v) is 19.1. The lowest BCUT2D eigenvalue weighted by molar-refractivity contribution is -0.123. The van der Waals surface area contributed by atoms with Crippen LogP contribution in [0.15, 0.2) is 44.8 Å². The maximum Gasteiger partial charge on any atom is 0.252 e. The molecule has 162 valence electrons. The number of carbonyl (C=O) groups excluding carboxylic acids is 1. The van der Waals surface area contributed by atoms with Crippen molar-refractivity contribution in [2.24, 2.45) is 5.92 Å². The first-order valence-corrected chi connectivity index (χ1v) is 14.1. The number of fused-ring (bicyclic) bond motifs is 1. The van der Waals surface area contributed by atoms with Crippen LogP contribution in [0.5, 0.6) is 0 Å². The molecule has 0 bridgehead atoms. The Morgan fingerprint density at radius 2 is 1.90 bits per heavy atom. The predicted octanol–water partition coefficient (Wildman–Crippen LogP) is 2.53. The van der Waals surface area contributed by atoms with E-state index in [1.807, 2.05) is 0 Å². The molecule has 0 spiro atoms. The van der Waals surface area contributed by atoms with Crippen molar-refractivity contribution in [2.45, 2.75) is 34.8 Å². The van der Waals surface area contributed by atoms with Crippen LogP contribution in [0.1, 0.15) is 24.8 Å². The van der Waals surface area contributed by atoms with Crippen LogP contribution in [-0.4, -0.2) is 52.9 Å². The van der Waals surface area contributed by atoms with Gasteiger partial charge >= 0.3 is 0 Å². The monoisotopic (exact) mass is 468 g/mol. The smallest absolute Gasteiger partial charge is 0.252 e. The van der Waals surface area contributed by atoms with Crippen molar-refractivity contribution in [3.05, 3.63) is 41.3 Å². The molecule has 2 aliphatic heterocycles. The van der Waals surface area contributed by atoms with Gasteiger partial charge in [-0.05, 0) is 60.9 Å². The summed E-state index contributed by atoms with van der Waals surface area (Å²) in [5.74, 6) is -0.497. The number of anilines is 1. The normalized spacial score (nSPS) is 20.7. The quantitative estimate of drug-likeness (QED) is 0.688. The first kappa shape index (κ1) is 21.5. The Morgan fingerprint density at radius 3 is 2.60 bits per heavy atom. The van der Waals surface area contributed by atoms with E-state index in [0.29, 0.717) is 36.6 Å². The first-order chi connectivity index (χ1) is 14.2. The average Bonchev–Trinajstić information content (AvgIpc) is 3.27. The number of thiophene rings is 1. The molecule has 0 radical (unpaired) electrons. The molecule has 4 rings (SSSR count). The number of hydrogen-bond acceptors (Lipinski definition) is 6. The van der Waals surface area contributed by atoms with Crippen LogP contribution in [0.4, 0.5) is 5.69 Å². The summed E-state index contributed by atoms with van der Waals surface area (Å²) in [6, 6.07) is 8.18. The second-order valence-corrected chi connectivity index (χ2v) is 12.9. The second-order valence-electron chi connectivity index (χ2n) is 7.79. The van der Waals surface area contributed by atoms with Gasteiger partial charge in [-0.15, -0.1) is 11.3 Å². The maximum atomic E-state index is 13.3. The van der Waals surface area contributed by atoms with E-state index in [4.69, 9.17) is 0 Å². The molecule has 2 aromatic rings. The molecule has 2 aliphatic rings. The fourth-order valence-corrected chi connectivity index (χ4v) is 7.49. The van der Waals surface area contributed by atoms with Crippen molar-refractivity contribution in [3.63, 3.8) is 0 Å². The summed E-state index contributed by atoms with van der Waals surface area (Å²) in [5, 5.41) is 1.73. The maximum absolute atomic E-state index is 13.3. The van der Waals surface area contributed by atoms with Gasteiger partial charge < -0.3 is 4.90 Å². The SMILES string of the molecule is CS(=O)(=O)c1ccc2c(c1)CCCN2C(=O)C1CCCN(S(=O)(=O)c2cccs2)C1. The average molecular weight is 469 g/mol. The van der Waals surface area contributed by atoms with Crippen molar-refractivity contribution in [1.82, 2.24) is 4.31 Å². The molecule has 30 heavy (non-hydrogen) atoms. The Balaban J connectivity index is 1.57. The van der Waals surface area contributed by atoms with Gasteiger partial charge in [0, 0.05) is 31.6 Å². The topological polar surface area (TPSA) is 91.8 Å². The second kappa shape index (κ2) is 8.07. The molecule has 10 heteroatoms. The Hall–Kier alpha value is -1.75. The minimum atomic E-state index is -3.58. The fraction of sp³-hybridized carbons (Fsp3) is 0.450. The number of nitrogens with zero attached hydrogens (tertiary/aromatic N) is 2. The third-order valence-electron chi connectivity index (χ3n) is 5.69. The number of aryl methyl sites for hydroxylation is 1. The number of amides is 1. The zero-order chi connectivity index (χ0) is 21.5. The summed E-state index contributed by atoms with van der Waals surface area (Å²) in [4.78, 5) is 15.3. The Labute approximate surface area is 181 Å². The Kier molecular flexibility index (Phi) is 5.78. The van der Waals surface area contributed by atoms with Crippen LogP contribution in [0, 0.1) is 5.92 Å². The number of piperidine rings is 1. The lowest BCUT2D eigenvalue weighted by Crippen LogP contribution is -2.47. The number of carbonyl (C=O) groups is 1. The standard InChI is InChI=1S/C20H24N2O5S3/c1-29(24,25)17-8-9-18-15(13-17)5-3-11-22(18)20(23)16-6-2-10-21(14-16)30(26,27)19-7-4-12-28-19/h4,7-9,12-13,16H,2-3,5-6,10-11,14H2,1H3. The molecule has 7 nitrogen and oxygen atoms in total. The molecular weight excluding hydrogens is 444 g/mol. The van der Waals surface area contributed by atoms with Gasteiger partial charge in [0.15, 0.2) is 9.84 Å². The predicted molar refractivity (Wildman–Crippen MR) is 116 cm³/mol. The van der Waals surface area contributed by atoms with Crippen molar-refractivity contribution in [1.29, 1.82) is 0 Å². The van der Waals surface area contributed by atoms with E-state index in [1.54, 1.807) is 34.5 Å². The Morgan fingerprint density at radius 1 is 1.10 bits per heavy atom. The van der Waals surface area contributed by atoms with Crippen molar-refractivity contribution >= 4 is 42.8 Å². The van der Waals surface area contributed by atoms with Gasteiger partial charge in [0.1, 0.15) is 4.21 Å². The van der Waals surface area contributed by atoms with Crippen LogP contribution >= 0.6 is 11.3 Å². The van der Waals surface area contributed by atoms with Gasteiger partial charge in [0.05, 0.1) is 10.8 Å². The molecule has 0 aliphatic carbocycles. The van der Waals surface area contributed by atoms with E-state index in [1.165, 1.54) is 28.0 Å². The van der Waals surface area contributed by atoms with E-state index >= 15 is 0 Å². The zero-order valence-electron chi connectivity index (χ0n) is 16.7. The molecule has 1 aromatic carbocycles. The number of sulfonamides is 1. The van der Waals surface area contributed by atoms with E-state index in [0.717, 1.165) is 17.7 Å². The highest BCUT2D eigenvalue weighted by Gasteiger charge is 2.36. The van der Waals surface area contributed by atoms with E-state index < -0.39 is 25.8 Å². The van der Waals surface area contributed by atoms with Crippen LogP contribution in [-0.2, 0) is 31.1 Å². The van der Waals surface area contributed by atoms with Gasteiger partial charge in [-0.3, -0.25) is 4.79 Å². The summed E-state index contributed by atoms with van der Waals surface area (Å²) in [6.07, 6.45) is 3.91. The van der Waals surface area contributed by atoms with Crippen LogP contribution in [0.25, 0.3) is 0 Å². The van der Waals surface area contributed by atoms with Gasteiger partial charge in [0.2, 0.25) is 5.91 Å². The lowest BCUT2D eigenvalue weighted by Gasteiger charge is -2.36. The third kappa shape index (κ3) is 4.05. The molecule has 1 unspecified atom stereocenters. The fourth-order valence-electron chi connectivity index (χ4n) is 4.15. The van der Waals surface area contributed by atoms with Gasteiger partial charge in [0.25, 0.3) is 10.0 Å². The molecule has 1 aromatic heterocycles. The van der Waals surface area contributed by atoms with Crippen molar-refractivity contribution in [2.75, 3.05) is 30.8 Å². The van der Waals surface area contributed by atoms with Gasteiger partial charge in [-0.2, -0.15) is 4.31 Å². The van der Waals surface area contributed by atoms with Crippen molar-refractivity contribution < 1.29 is 21.6 Å². The highest BCUT2D eigenvalue weighted by atomic mass is 32.2. The van der Waals surface area contributed by atoms with E-state index in [2.05, 4.69) is 0 Å². The highest BCUT2D eigenvalue weighted by Crippen LogP contribution is 2.33. The summed E-state index contributed by atoms with van der Waals surface area (Å²) in [6.45, 7) is 1.14. The molecule has 1 atom stereocenters. The van der Waals surface area contributed by atoms with E-state index in [-0.39, 0.29) is 17.3 Å². The molecule has 3 heterocycles. The molecule has 0 saturated carbocycles. The number of hydrogen-bond donors (Lipinski definition) is 0. The van der Waals surface area contributed by atoms with Crippen molar-refractivity contribution in [3.8, 4) is 0 Å². The molecule has 1 fully saturated rings. The minimum absolute atomic E-state index is 0.0888. The van der Waals surface area contributed by atoms with Gasteiger partial charge in [-0.1, -0.05) is 6.07 Å². The minimum Gasteiger partial charge on any atom is -0.312 e. The highest BCUT2D eigenvalue weighted by molar-refractivity contribution is 7.91. The molecule has 0 N–H and O–H groups in total. The van der Waals surface area contributed by atoms with E-state index in [9.17, 15) is 21.6 Å². The number of sulfone groups is 1. The lowest BCUT2D eigenvalue weighted by atomic mass is 9.95. The van der Waals surface area contributed by atoms with Gasteiger partial charge in [-0.25, -0.2) is 16.8 Å².